The van der Waals surface area contributed by atoms with Gasteiger partial charge in [0.2, 0.25) is 0 Å². The second-order valence-corrected chi connectivity index (χ2v) is 5.74. The maximum atomic E-state index is 11.3. The number of nitrogens with zero attached hydrogens (tertiary/aromatic N) is 1. The van der Waals surface area contributed by atoms with Crippen molar-refractivity contribution in [2.24, 2.45) is 0 Å². The monoisotopic (exact) mass is 373 g/mol. The molecule has 5 heteroatoms. The van der Waals surface area contributed by atoms with Crippen molar-refractivity contribution in [3.8, 4) is 10.6 Å². The van der Waals surface area contributed by atoms with Crippen molar-refractivity contribution in [1.82, 2.24) is 4.98 Å². The third-order valence-electron chi connectivity index (χ3n) is 2.27. The fourth-order valence-corrected chi connectivity index (χ4v) is 2.66. The van der Waals surface area contributed by atoms with Crippen LogP contribution in [0.15, 0.2) is 29.6 Å². The number of esters is 1. The quantitative estimate of drug-likeness (QED) is 0.608. The minimum Gasteiger partial charge on any atom is -0.466 e. The largest absolute Gasteiger partial charge is 0.466 e. The average molecular weight is 373 g/mol. The first-order valence-electron chi connectivity index (χ1n) is 5.55. The molecule has 0 spiro atoms. The highest BCUT2D eigenvalue weighted by Crippen LogP contribution is 2.24. The Morgan fingerprint density at radius 1 is 1.39 bits per heavy atom. The molecule has 0 aliphatic heterocycles. The molecule has 2 aromatic rings. The Morgan fingerprint density at radius 2 is 2.11 bits per heavy atom. The highest BCUT2D eigenvalue weighted by atomic mass is 127. The molecule has 0 aliphatic carbocycles. The fraction of sp³-hybridized carbons (Fsp3) is 0.231. The zero-order valence-electron chi connectivity index (χ0n) is 9.85. The molecule has 3 nitrogen and oxygen atoms in total. The zero-order chi connectivity index (χ0) is 13.0. The minimum absolute atomic E-state index is 0.225. The molecule has 0 bridgehead atoms. The molecule has 0 unspecified atom stereocenters. The second kappa shape index (κ2) is 6.29. The molecule has 0 aliphatic rings. The van der Waals surface area contributed by atoms with E-state index in [2.05, 4.69) is 27.6 Å². The van der Waals surface area contributed by atoms with Crippen LogP contribution in [0.1, 0.15) is 12.6 Å². The van der Waals surface area contributed by atoms with E-state index in [1.807, 2.05) is 29.6 Å². The SMILES string of the molecule is CCOC(=O)Cc1csc(-c2ccc(I)cc2)n1. The van der Waals surface area contributed by atoms with E-state index in [4.69, 9.17) is 4.74 Å². The second-order valence-electron chi connectivity index (χ2n) is 3.63. The first kappa shape index (κ1) is 13.5. The number of halogens is 1. The van der Waals surface area contributed by atoms with E-state index in [-0.39, 0.29) is 12.4 Å². The summed E-state index contributed by atoms with van der Waals surface area (Å²) in [6, 6.07) is 8.16. The van der Waals surface area contributed by atoms with Gasteiger partial charge in [0, 0.05) is 14.5 Å². The number of hydrogen-bond donors (Lipinski definition) is 0. The summed E-state index contributed by atoms with van der Waals surface area (Å²) < 4.78 is 6.10. The van der Waals surface area contributed by atoms with Crippen molar-refractivity contribution in [2.75, 3.05) is 6.61 Å². The van der Waals surface area contributed by atoms with Crippen LogP contribution in [0, 0.1) is 3.57 Å². The summed E-state index contributed by atoms with van der Waals surface area (Å²) in [4.78, 5) is 15.8. The zero-order valence-corrected chi connectivity index (χ0v) is 12.8. The van der Waals surface area contributed by atoms with E-state index in [9.17, 15) is 4.79 Å². The van der Waals surface area contributed by atoms with E-state index in [0.29, 0.717) is 6.61 Å². The van der Waals surface area contributed by atoms with Crippen LogP contribution in [-0.2, 0) is 16.0 Å². The van der Waals surface area contributed by atoms with Crippen molar-refractivity contribution in [2.45, 2.75) is 13.3 Å². The normalized spacial score (nSPS) is 10.3. The first-order valence-corrected chi connectivity index (χ1v) is 7.51. The van der Waals surface area contributed by atoms with Crippen molar-refractivity contribution >= 4 is 39.9 Å². The van der Waals surface area contributed by atoms with Gasteiger partial charge in [0.25, 0.3) is 0 Å². The number of ether oxygens (including phenoxy) is 1. The molecular formula is C13H12INO2S. The summed E-state index contributed by atoms with van der Waals surface area (Å²) in [5, 5.41) is 2.84. The van der Waals surface area contributed by atoms with Crippen molar-refractivity contribution < 1.29 is 9.53 Å². The molecule has 0 radical (unpaired) electrons. The topological polar surface area (TPSA) is 39.2 Å². The summed E-state index contributed by atoms with van der Waals surface area (Å²) in [6.07, 6.45) is 0.245. The third-order valence-corrected chi connectivity index (χ3v) is 3.93. The van der Waals surface area contributed by atoms with Gasteiger partial charge in [0.15, 0.2) is 0 Å². The number of aromatic nitrogens is 1. The standard InChI is InChI=1S/C13H12INO2S/c1-2-17-12(16)7-11-8-18-13(15-11)9-3-5-10(14)6-4-9/h3-6,8H,2,7H2,1H3. The molecule has 0 saturated heterocycles. The Kier molecular flexibility index (Phi) is 4.71. The molecule has 1 aromatic carbocycles. The molecule has 0 fully saturated rings. The number of benzene rings is 1. The highest BCUT2D eigenvalue weighted by molar-refractivity contribution is 14.1. The molecule has 1 heterocycles. The van der Waals surface area contributed by atoms with E-state index >= 15 is 0 Å². The lowest BCUT2D eigenvalue weighted by Crippen LogP contribution is -2.07. The smallest absolute Gasteiger partial charge is 0.311 e. The van der Waals surface area contributed by atoms with Crippen LogP contribution < -0.4 is 0 Å². The van der Waals surface area contributed by atoms with Gasteiger partial charge in [-0.05, 0) is 41.6 Å². The van der Waals surface area contributed by atoms with E-state index in [1.165, 1.54) is 3.57 Å². The van der Waals surface area contributed by atoms with Crippen LogP contribution in [0.5, 0.6) is 0 Å². The van der Waals surface area contributed by atoms with Gasteiger partial charge in [-0.1, -0.05) is 12.1 Å². The highest BCUT2D eigenvalue weighted by Gasteiger charge is 2.09. The Morgan fingerprint density at radius 3 is 2.78 bits per heavy atom. The molecule has 0 amide bonds. The molecule has 0 N–H and O–H groups in total. The van der Waals surface area contributed by atoms with E-state index < -0.39 is 0 Å². The summed E-state index contributed by atoms with van der Waals surface area (Å²) in [6.45, 7) is 2.21. The van der Waals surface area contributed by atoms with Gasteiger partial charge in [-0.2, -0.15) is 0 Å². The van der Waals surface area contributed by atoms with Gasteiger partial charge in [-0.3, -0.25) is 4.79 Å². The number of carbonyl (C=O) groups excluding carboxylic acids is 1. The maximum absolute atomic E-state index is 11.3. The summed E-state index contributed by atoms with van der Waals surface area (Å²) in [5.41, 5.74) is 1.85. The van der Waals surface area contributed by atoms with E-state index in [1.54, 1.807) is 18.3 Å². The van der Waals surface area contributed by atoms with Crippen molar-refractivity contribution in [1.29, 1.82) is 0 Å². The van der Waals surface area contributed by atoms with Gasteiger partial charge in [-0.15, -0.1) is 11.3 Å². The van der Waals surface area contributed by atoms with Crippen LogP contribution in [0.25, 0.3) is 10.6 Å². The van der Waals surface area contributed by atoms with Crippen LogP contribution >= 0.6 is 33.9 Å². The summed E-state index contributed by atoms with van der Waals surface area (Å²) >= 11 is 3.82. The molecule has 1 aromatic heterocycles. The van der Waals surface area contributed by atoms with Gasteiger partial charge >= 0.3 is 5.97 Å². The fourth-order valence-electron chi connectivity index (χ4n) is 1.47. The Balaban J connectivity index is 2.10. The predicted molar refractivity (Wildman–Crippen MR) is 80.6 cm³/mol. The number of carbonyl (C=O) groups is 1. The predicted octanol–water partition coefficient (Wildman–Crippen LogP) is 3.52. The molecule has 18 heavy (non-hydrogen) atoms. The number of hydrogen-bond acceptors (Lipinski definition) is 4. The Hall–Kier alpha value is -0.950. The molecule has 0 atom stereocenters. The van der Waals surface area contributed by atoms with E-state index in [0.717, 1.165) is 16.3 Å². The van der Waals surface area contributed by atoms with Gasteiger partial charge < -0.3 is 4.74 Å². The Labute approximate surface area is 123 Å². The lowest BCUT2D eigenvalue weighted by molar-refractivity contribution is -0.142. The van der Waals surface area contributed by atoms with Gasteiger partial charge in [0.1, 0.15) is 5.01 Å². The number of thiazole rings is 1. The van der Waals surface area contributed by atoms with Crippen LogP contribution in [0.2, 0.25) is 0 Å². The maximum Gasteiger partial charge on any atom is 0.311 e. The lowest BCUT2D eigenvalue weighted by Gasteiger charge is -1.98. The Bertz CT molecular complexity index is 536. The average Bonchev–Trinajstić information content (AvgIpc) is 2.78. The first-order chi connectivity index (χ1) is 8.69. The minimum atomic E-state index is -0.225. The lowest BCUT2D eigenvalue weighted by atomic mass is 10.2. The molecular weight excluding hydrogens is 361 g/mol. The molecule has 94 valence electrons. The van der Waals surface area contributed by atoms with Crippen LogP contribution in [0.4, 0.5) is 0 Å². The van der Waals surface area contributed by atoms with Crippen LogP contribution in [0.3, 0.4) is 0 Å². The van der Waals surface area contributed by atoms with Gasteiger partial charge in [-0.25, -0.2) is 4.98 Å². The summed E-state index contributed by atoms with van der Waals surface area (Å²) in [7, 11) is 0. The van der Waals surface area contributed by atoms with Crippen molar-refractivity contribution in [3.63, 3.8) is 0 Å². The molecule has 0 saturated carbocycles. The van der Waals surface area contributed by atoms with Gasteiger partial charge in [0.05, 0.1) is 18.7 Å². The molecule has 2 rings (SSSR count). The third kappa shape index (κ3) is 3.52. The number of rotatable bonds is 4. The van der Waals surface area contributed by atoms with Crippen molar-refractivity contribution in [3.05, 3.63) is 38.9 Å². The summed E-state index contributed by atoms with van der Waals surface area (Å²) in [5.74, 6) is -0.225. The van der Waals surface area contributed by atoms with Crippen LogP contribution in [-0.4, -0.2) is 17.6 Å².